The summed E-state index contributed by atoms with van der Waals surface area (Å²) in [6.07, 6.45) is 0. The first kappa shape index (κ1) is 23.3. The average molecular weight is 395 g/mol. The van der Waals surface area contributed by atoms with Crippen LogP contribution in [0.3, 0.4) is 0 Å². The summed E-state index contributed by atoms with van der Waals surface area (Å²) in [7, 11) is 2.24. The standard InChI is InChI=1S/C27H42N2/c1-18(2)22-12-10-13-23(19(3)4)26(22)28-16-17-29(9)27-24(20(5)6)14-11-15-25(27)21(7)8/h10-15,18-21,28H,16-17H2,1-9H3. The Kier molecular flexibility index (Phi) is 8.19. The molecule has 0 saturated heterocycles. The Morgan fingerprint density at radius 3 is 1.41 bits per heavy atom. The Bertz CT molecular complexity index is 735. The highest BCUT2D eigenvalue weighted by molar-refractivity contribution is 5.63. The van der Waals surface area contributed by atoms with E-state index in [-0.39, 0.29) is 0 Å². The third kappa shape index (κ3) is 5.56. The number of nitrogens with zero attached hydrogens (tertiary/aromatic N) is 1. The fourth-order valence-corrected chi connectivity index (χ4v) is 4.17. The van der Waals surface area contributed by atoms with Crippen molar-refractivity contribution in [2.75, 3.05) is 30.4 Å². The van der Waals surface area contributed by atoms with Crippen molar-refractivity contribution < 1.29 is 0 Å². The van der Waals surface area contributed by atoms with Gasteiger partial charge in [-0.25, -0.2) is 0 Å². The Morgan fingerprint density at radius 1 is 0.655 bits per heavy atom. The second-order valence-electron chi connectivity index (χ2n) is 9.56. The summed E-state index contributed by atoms with van der Waals surface area (Å²) in [5, 5.41) is 3.80. The predicted octanol–water partition coefficient (Wildman–Crippen LogP) is 7.73. The molecule has 0 radical (unpaired) electrons. The van der Waals surface area contributed by atoms with Gasteiger partial charge in [-0.15, -0.1) is 0 Å². The molecule has 0 aromatic heterocycles. The molecule has 2 aromatic rings. The van der Waals surface area contributed by atoms with Gasteiger partial charge in [-0.05, 0) is 45.9 Å². The van der Waals surface area contributed by atoms with Crippen molar-refractivity contribution in [3.8, 4) is 0 Å². The second kappa shape index (κ2) is 10.2. The first-order valence-corrected chi connectivity index (χ1v) is 11.4. The number of hydrogen-bond donors (Lipinski definition) is 1. The molecule has 1 N–H and O–H groups in total. The van der Waals surface area contributed by atoms with Gasteiger partial charge in [0, 0.05) is 31.5 Å². The zero-order valence-corrected chi connectivity index (χ0v) is 20.1. The predicted molar refractivity (Wildman–Crippen MR) is 131 cm³/mol. The van der Waals surface area contributed by atoms with Gasteiger partial charge in [0.2, 0.25) is 0 Å². The van der Waals surface area contributed by atoms with Gasteiger partial charge in [0.15, 0.2) is 0 Å². The van der Waals surface area contributed by atoms with E-state index in [0.29, 0.717) is 23.7 Å². The molecule has 0 fully saturated rings. The van der Waals surface area contributed by atoms with Gasteiger partial charge in [-0.3, -0.25) is 0 Å². The molecule has 2 rings (SSSR count). The number of benzene rings is 2. The molecule has 160 valence electrons. The van der Waals surface area contributed by atoms with Crippen LogP contribution in [-0.4, -0.2) is 20.1 Å². The zero-order chi connectivity index (χ0) is 21.7. The highest BCUT2D eigenvalue weighted by atomic mass is 15.1. The number of likely N-dealkylation sites (N-methyl/N-ethyl adjacent to an activating group) is 1. The van der Waals surface area contributed by atoms with Crippen molar-refractivity contribution in [1.82, 2.24) is 0 Å². The Balaban J connectivity index is 2.25. The van der Waals surface area contributed by atoms with E-state index in [9.17, 15) is 0 Å². The van der Waals surface area contributed by atoms with Gasteiger partial charge >= 0.3 is 0 Å². The minimum absolute atomic E-state index is 0.517. The summed E-state index contributed by atoms with van der Waals surface area (Å²) in [5.74, 6) is 2.08. The van der Waals surface area contributed by atoms with Crippen LogP contribution in [0.1, 0.15) is 101 Å². The lowest BCUT2D eigenvalue weighted by Gasteiger charge is -2.29. The molecule has 29 heavy (non-hydrogen) atoms. The first-order chi connectivity index (χ1) is 13.6. The molecule has 2 aromatic carbocycles. The fourth-order valence-electron chi connectivity index (χ4n) is 4.17. The van der Waals surface area contributed by atoms with Gasteiger partial charge in [-0.1, -0.05) is 91.8 Å². The third-order valence-corrected chi connectivity index (χ3v) is 5.85. The largest absolute Gasteiger partial charge is 0.383 e. The molecule has 0 bridgehead atoms. The number of para-hydroxylation sites is 2. The van der Waals surface area contributed by atoms with Crippen molar-refractivity contribution in [2.45, 2.75) is 79.1 Å². The molecule has 0 atom stereocenters. The summed E-state index contributed by atoms with van der Waals surface area (Å²) in [6.45, 7) is 20.2. The van der Waals surface area contributed by atoms with Crippen LogP contribution in [0, 0.1) is 0 Å². The topological polar surface area (TPSA) is 15.3 Å². The van der Waals surface area contributed by atoms with Crippen LogP contribution >= 0.6 is 0 Å². The Morgan fingerprint density at radius 2 is 1.03 bits per heavy atom. The minimum Gasteiger partial charge on any atom is -0.383 e. The quantitative estimate of drug-likeness (QED) is 0.468. The molecule has 2 nitrogen and oxygen atoms in total. The highest BCUT2D eigenvalue weighted by Gasteiger charge is 2.18. The highest BCUT2D eigenvalue weighted by Crippen LogP contribution is 2.35. The normalized spacial score (nSPS) is 11.8. The van der Waals surface area contributed by atoms with Gasteiger partial charge in [0.05, 0.1) is 0 Å². The Labute approximate surface area is 179 Å². The van der Waals surface area contributed by atoms with E-state index in [1.807, 2.05) is 0 Å². The van der Waals surface area contributed by atoms with Crippen LogP contribution < -0.4 is 10.2 Å². The Hall–Kier alpha value is -1.96. The maximum Gasteiger partial charge on any atom is 0.0434 e. The number of rotatable bonds is 9. The summed E-state index contributed by atoms with van der Waals surface area (Å²) in [6, 6.07) is 13.5. The number of hydrogen-bond acceptors (Lipinski definition) is 2. The minimum atomic E-state index is 0.517. The van der Waals surface area contributed by atoms with Crippen LogP contribution in [0.2, 0.25) is 0 Å². The van der Waals surface area contributed by atoms with Crippen LogP contribution in [0.15, 0.2) is 36.4 Å². The van der Waals surface area contributed by atoms with E-state index in [4.69, 9.17) is 0 Å². The van der Waals surface area contributed by atoms with Gasteiger partial charge in [0.25, 0.3) is 0 Å². The van der Waals surface area contributed by atoms with Crippen molar-refractivity contribution in [3.63, 3.8) is 0 Å². The number of anilines is 2. The second-order valence-corrected chi connectivity index (χ2v) is 9.56. The van der Waals surface area contributed by atoms with Gasteiger partial charge in [-0.2, -0.15) is 0 Å². The summed E-state index contributed by atoms with van der Waals surface area (Å²) < 4.78 is 0. The molecule has 0 heterocycles. The summed E-state index contributed by atoms with van der Waals surface area (Å²) in [4.78, 5) is 2.45. The molecule has 0 saturated carbocycles. The van der Waals surface area contributed by atoms with E-state index >= 15 is 0 Å². The van der Waals surface area contributed by atoms with Crippen LogP contribution in [0.4, 0.5) is 11.4 Å². The van der Waals surface area contributed by atoms with Gasteiger partial charge in [0.1, 0.15) is 0 Å². The van der Waals surface area contributed by atoms with Crippen molar-refractivity contribution in [2.24, 2.45) is 0 Å². The van der Waals surface area contributed by atoms with Crippen LogP contribution in [-0.2, 0) is 0 Å². The van der Waals surface area contributed by atoms with Crippen molar-refractivity contribution >= 4 is 11.4 Å². The smallest absolute Gasteiger partial charge is 0.0434 e. The maximum absolute atomic E-state index is 3.80. The van der Waals surface area contributed by atoms with Crippen LogP contribution in [0.5, 0.6) is 0 Å². The molecule has 2 heteroatoms. The lowest BCUT2D eigenvalue weighted by Crippen LogP contribution is -2.27. The van der Waals surface area contributed by atoms with Gasteiger partial charge < -0.3 is 10.2 Å². The molecule has 0 amide bonds. The number of nitrogens with one attached hydrogen (secondary N) is 1. The third-order valence-electron chi connectivity index (χ3n) is 5.85. The molecule has 0 aliphatic carbocycles. The van der Waals surface area contributed by atoms with E-state index in [1.165, 1.54) is 33.6 Å². The SMILES string of the molecule is CC(C)c1cccc(C(C)C)c1NCCN(C)c1c(C(C)C)cccc1C(C)C. The van der Waals surface area contributed by atoms with Crippen molar-refractivity contribution in [3.05, 3.63) is 58.7 Å². The van der Waals surface area contributed by atoms with Crippen LogP contribution in [0.25, 0.3) is 0 Å². The lowest BCUT2D eigenvalue weighted by molar-refractivity contribution is 0.798. The first-order valence-electron chi connectivity index (χ1n) is 11.4. The molecule has 0 spiro atoms. The monoisotopic (exact) mass is 394 g/mol. The molecule has 0 aliphatic heterocycles. The van der Waals surface area contributed by atoms with E-state index in [2.05, 4.69) is 109 Å². The molecular formula is C27H42N2. The lowest BCUT2D eigenvalue weighted by atomic mass is 9.92. The van der Waals surface area contributed by atoms with E-state index in [1.54, 1.807) is 0 Å². The average Bonchev–Trinajstić information content (AvgIpc) is 2.66. The summed E-state index contributed by atoms with van der Waals surface area (Å²) >= 11 is 0. The molecular weight excluding hydrogens is 352 g/mol. The molecule has 0 aliphatic rings. The summed E-state index contributed by atoms with van der Waals surface area (Å²) in [5.41, 5.74) is 8.49. The fraction of sp³-hybridized carbons (Fsp3) is 0.556. The zero-order valence-electron chi connectivity index (χ0n) is 20.1. The van der Waals surface area contributed by atoms with E-state index in [0.717, 1.165) is 13.1 Å². The maximum atomic E-state index is 3.80. The van der Waals surface area contributed by atoms with E-state index < -0.39 is 0 Å². The van der Waals surface area contributed by atoms with Crippen molar-refractivity contribution in [1.29, 1.82) is 0 Å². The molecule has 0 unspecified atom stereocenters.